The van der Waals surface area contributed by atoms with E-state index in [1.807, 2.05) is 91.8 Å². The molecule has 0 bridgehead atoms. The number of carbonyl (C=O) groups excluding carboxylic acids is 1. The van der Waals surface area contributed by atoms with Gasteiger partial charge in [-0.3, -0.25) is 9.69 Å². The van der Waals surface area contributed by atoms with E-state index in [1.165, 1.54) is 11.3 Å². The van der Waals surface area contributed by atoms with Crippen molar-refractivity contribution in [3.63, 3.8) is 0 Å². The molecule has 5 rings (SSSR count). The molecule has 0 atom stereocenters. The molecule has 1 aromatic heterocycles. The van der Waals surface area contributed by atoms with Gasteiger partial charge in [-0.1, -0.05) is 72.0 Å². The molecule has 0 radical (unpaired) electrons. The number of carbonyl (C=O) groups is 1. The number of fused-ring (bicyclic) bond motifs is 2. The molecule has 1 aliphatic heterocycles. The van der Waals surface area contributed by atoms with Gasteiger partial charge in [-0.15, -0.1) is 0 Å². The van der Waals surface area contributed by atoms with Crippen LogP contribution in [0.15, 0.2) is 72.8 Å². The number of anilines is 1. The molecule has 0 fully saturated rings. The monoisotopic (exact) mass is 473 g/mol. The van der Waals surface area contributed by atoms with E-state index in [4.69, 9.17) is 14.5 Å². The van der Waals surface area contributed by atoms with Gasteiger partial charge in [0, 0.05) is 25.2 Å². The first kappa shape index (κ1) is 22.4. The molecule has 0 N–H and O–H groups in total. The van der Waals surface area contributed by atoms with Gasteiger partial charge in [-0.2, -0.15) is 0 Å². The van der Waals surface area contributed by atoms with Crippen LogP contribution < -0.4 is 14.4 Å². The van der Waals surface area contributed by atoms with Crippen LogP contribution in [0.4, 0.5) is 5.13 Å². The summed E-state index contributed by atoms with van der Waals surface area (Å²) in [6.07, 6.45) is 0. The maximum Gasteiger partial charge on any atom is 0.240 e. The molecule has 0 aliphatic carbocycles. The normalized spacial score (nSPS) is 12.9. The Morgan fingerprint density at radius 3 is 2.09 bits per heavy atom. The number of amides is 1. The average Bonchev–Trinajstić information content (AvgIpc) is 3.26. The van der Waals surface area contributed by atoms with Crippen LogP contribution >= 0.6 is 11.3 Å². The maximum atomic E-state index is 14.2. The molecule has 0 spiro atoms. The van der Waals surface area contributed by atoms with E-state index in [9.17, 15) is 4.79 Å². The summed E-state index contributed by atoms with van der Waals surface area (Å²) in [7, 11) is 4.02. The van der Waals surface area contributed by atoms with Crippen LogP contribution in [0.1, 0.15) is 17.0 Å². The van der Waals surface area contributed by atoms with Gasteiger partial charge < -0.3 is 14.4 Å². The molecule has 1 aliphatic rings. The number of thiazole rings is 1. The fourth-order valence-electron chi connectivity index (χ4n) is 4.09. The van der Waals surface area contributed by atoms with Crippen molar-refractivity contribution in [2.45, 2.75) is 5.92 Å². The van der Waals surface area contributed by atoms with Gasteiger partial charge in [0.2, 0.25) is 5.91 Å². The molecule has 2 heterocycles. The lowest BCUT2D eigenvalue weighted by Crippen LogP contribution is -2.40. The lowest BCUT2D eigenvalue weighted by molar-refractivity contribution is -0.119. The molecular formula is C27H27N3O3S. The van der Waals surface area contributed by atoms with E-state index < -0.39 is 5.92 Å². The van der Waals surface area contributed by atoms with Gasteiger partial charge >= 0.3 is 0 Å². The van der Waals surface area contributed by atoms with Crippen LogP contribution in [0.3, 0.4) is 0 Å². The fourth-order valence-corrected chi connectivity index (χ4v) is 5.10. The summed E-state index contributed by atoms with van der Waals surface area (Å²) in [4.78, 5) is 23.0. The quantitative estimate of drug-likeness (QED) is 0.386. The number of ether oxygens (including phenoxy) is 2. The van der Waals surface area contributed by atoms with E-state index in [1.54, 1.807) is 0 Å². The summed E-state index contributed by atoms with van der Waals surface area (Å²) in [6, 6.07) is 23.8. The topological polar surface area (TPSA) is 54.9 Å². The Balaban J connectivity index is 1.57. The van der Waals surface area contributed by atoms with Crippen molar-refractivity contribution in [1.29, 1.82) is 0 Å². The van der Waals surface area contributed by atoms with Gasteiger partial charge in [-0.05, 0) is 25.2 Å². The summed E-state index contributed by atoms with van der Waals surface area (Å²) in [5, 5.41) is 0.682. The van der Waals surface area contributed by atoms with Gasteiger partial charge in [-0.25, -0.2) is 4.98 Å². The Kier molecular flexibility index (Phi) is 6.47. The fraction of sp³-hybridized carbons (Fsp3) is 0.259. The van der Waals surface area contributed by atoms with Crippen molar-refractivity contribution >= 4 is 32.6 Å². The standard InChI is InChI=1S/C27H27N3O3S/c1-29(2)13-14-30(27-28-21-17-22-23(18-24(21)34-27)33-16-15-32-22)26(31)25(19-9-5-3-6-10-19)20-11-7-4-8-12-20/h3-12,17-18,25H,13-16H2,1-2H3. The van der Waals surface area contributed by atoms with E-state index in [-0.39, 0.29) is 5.91 Å². The van der Waals surface area contributed by atoms with Crippen molar-refractivity contribution < 1.29 is 14.3 Å². The Labute approximate surface area is 203 Å². The van der Waals surface area contributed by atoms with Crippen LogP contribution in [0.2, 0.25) is 0 Å². The summed E-state index contributed by atoms with van der Waals surface area (Å²) in [5.41, 5.74) is 2.74. The maximum absolute atomic E-state index is 14.2. The number of benzene rings is 3. The first-order chi connectivity index (χ1) is 16.6. The molecule has 6 nitrogen and oxygen atoms in total. The Hall–Kier alpha value is -3.42. The summed E-state index contributed by atoms with van der Waals surface area (Å²) < 4.78 is 12.5. The number of hydrogen-bond donors (Lipinski definition) is 0. The molecule has 3 aromatic carbocycles. The molecule has 1 amide bonds. The molecule has 7 heteroatoms. The third kappa shape index (κ3) is 4.62. The predicted molar refractivity (Wildman–Crippen MR) is 136 cm³/mol. The molecule has 4 aromatic rings. The SMILES string of the molecule is CN(C)CCN(C(=O)C(c1ccccc1)c1ccccc1)c1nc2cc3c(cc2s1)OCCO3. The van der Waals surface area contributed by atoms with Gasteiger partial charge in [0.15, 0.2) is 16.6 Å². The van der Waals surface area contributed by atoms with E-state index in [0.717, 1.165) is 33.6 Å². The summed E-state index contributed by atoms with van der Waals surface area (Å²) >= 11 is 1.51. The van der Waals surface area contributed by atoms with Crippen molar-refractivity contribution in [2.24, 2.45) is 0 Å². The third-order valence-electron chi connectivity index (χ3n) is 5.82. The molecule has 34 heavy (non-hydrogen) atoms. The van der Waals surface area contributed by atoms with E-state index in [2.05, 4.69) is 4.90 Å². The van der Waals surface area contributed by atoms with Crippen LogP contribution in [0.5, 0.6) is 11.5 Å². The minimum absolute atomic E-state index is 0.00979. The smallest absolute Gasteiger partial charge is 0.240 e. The lowest BCUT2D eigenvalue weighted by Gasteiger charge is -2.27. The minimum Gasteiger partial charge on any atom is -0.486 e. The lowest BCUT2D eigenvalue weighted by atomic mass is 9.90. The third-order valence-corrected chi connectivity index (χ3v) is 6.86. The van der Waals surface area contributed by atoms with Crippen LogP contribution in [-0.4, -0.2) is 56.2 Å². The van der Waals surface area contributed by atoms with Crippen molar-refractivity contribution in [2.75, 3.05) is 45.3 Å². The van der Waals surface area contributed by atoms with Crippen LogP contribution in [-0.2, 0) is 4.79 Å². The predicted octanol–water partition coefficient (Wildman–Crippen LogP) is 4.79. The number of likely N-dealkylation sites (N-methyl/N-ethyl adjacent to an activating group) is 1. The molecule has 0 saturated heterocycles. The number of rotatable bonds is 7. The molecule has 0 unspecified atom stereocenters. The molecule has 174 valence electrons. The highest BCUT2D eigenvalue weighted by molar-refractivity contribution is 7.22. The van der Waals surface area contributed by atoms with Crippen LogP contribution in [0.25, 0.3) is 10.2 Å². The first-order valence-electron chi connectivity index (χ1n) is 11.4. The first-order valence-corrected chi connectivity index (χ1v) is 12.2. The zero-order valence-electron chi connectivity index (χ0n) is 19.3. The summed E-state index contributed by atoms with van der Waals surface area (Å²) in [5.74, 6) is 1.02. The highest BCUT2D eigenvalue weighted by Crippen LogP contribution is 2.39. The number of nitrogens with zero attached hydrogens (tertiary/aromatic N) is 3. The number of hydrogen-bond acceptors (Lipinski definition) is 6. The van der Waals surface area contributed by atoms with Gasteiger partial charge in [0.1, 0.15) is 13.2 Å². The Bertz CT molecular complexity index is 1190. The van der Waals surface area contributed by atoms with Gasteiger partial charge in [0.05, 0.1) is 16.1 Å². The van der Waals surface area contributed by atoms with Crippen LogP contribution in [0, 0.1) is 0 Å². The molecular weight excluding hydrogens is 446 g/mol. The zero-order chi connectivity index (χ0) is 23.5. The van der Waals surface area contributed by atoms with E-state index in [0.29, 0.717) is 30.6 Å². The van der Waals surface area contributed by atoms with Gasteiger partial charge in [0.25, 0.3) is 0 Å². The Morgan fingerprint density at radius 1 is 0.912 bits per heavy atom. The average molecular weight is 474 g/mol. The zero-order valence-corrected chi connectivity index (χ0v) is 20.1. The second-order valence-electron chi connectivity index (χ2n) is 8.51. The van der Waals surface area contributed by atoms with Crippen molar-refractivity contribution in [3.05, 3.63) is 83.9 Å². The number of aromatic nitrogens is 1. The van der Waals surface area contributed by atoms with Crippen molar-refractivity contribution in [1.82, 2.24) is 9.88 Å². The second-order valence-corrected chi connectivity index (χ2v) is 9.52. The second kappa shape index (κ2) is 9.83. The summed E-state index contributed by atoms with van der Waals surface area (Å²) in [6.45, 7) is 2.32. The van der Waals surface area contributed by atoms with Crippen molar-refractivity contribution in [3.8, 4) is 11.5 Å². The highest BCUT2D eigenvalue weighted by Gasteiger charge is 2.30. The Morgan fingerprint density at radius 2 is 1.50 bits per heavy atom. The molecule has 0 saturated carbocycles. The minimum atomic E-state index is -0.420. The largest absolute Gasteiger partial charge is 0.486 e. The highest BCUT2D eigenvalue weighted by atomic mass is 32.1. The van der Waals surface area contributed by atoms with E-state index >= 15 is 0 Å².